The number of carbonyl (C=O) groups excluding carboxylic acids is 2. The van der Waals surface area contributed by atoms with Crippen LogP contribution in [0.15, 0.2) is 0 Å². The highest BCUT2D eigenvalue weighted by Gasteiger charge is 2.45. The van der Waals surface area contributed by atoms with Gasteiger partial charge in [-0.3, -0.25) is 9.59 Å². The van der Waals surface area contributed by atoms with Crippen LogP contribution in [0.4, 0.5) is 0 Å². The highest BCUT2D eigenvalue weighted by Crippen LogP contribution is 2.40. The molecule has 1 saturated carbocycles. The Balaban J connectivity index is 2.98. The van der Waals surface area contributed by atoms with Crippen molar-refractivity contribution in [2.75, 3.05) is 0 Å². The molecule has 170 valence electrons. The minimum Gasteiger partial charge on any atom is -0.365 e. The number of ketones is 2. The second kappa shape index (κ2) is 11.0. The molecule has 0 aliphatic heterocycles. The Morgan fingerprint density at radius 3 is 1.55 bits per heavy atom. The Bertz CT molecular complexity index is 517. The van der Waals surface area contributed by atoms with E-state index >= 15 is 0 Å². The summed E-state index contributed by atoms with van der Waals surface area (Å²) in [5, 5.41) is 0. The quantitative estimate of drug-likeness (QED) is 0.485. The maximum Gasteiger partial charge on any atom is 0.192 e. The first kappa shape index (κ1) is 26.3. The fourth-order valence-electron chi connectivity index (χ4n) is 4.80. The molecule has 0 radical (unpaired) electrons. The van der Waals surface area contributed by atoms with Gasteiger partial charge in [0, 0.05) is 0 Å². The molecule has 0 heterocycles. The van der Waals surface area contributed by atoms with Gasteiger partial charge >= 0.3 is 0 Å². The summed E-state index contributed by atoms with van der Waals surface area (Å²) in [7, 11) is 0. The van der Waals surface area contributed by atoms with Gasteiger partial charge in [0.25, 0.3) is 0 Å². The van der Waals surface area contributed by atoms with E-state index in [0.717, 1.165) is 25.7 Å². The van der Waals surface area contributed by atoms with Gasteiger partial charge in [0.1, 0.15) is 17.5 Å². The lowest BCUT2D eigenvalue weighted by Gasteiger charge is -2.41. The minimum absolute atomic E-state index is 0.0744. The zero-order valence-electron chi connectivity index (χ0n) is 20.4. The second-order valence-corrected chi connectivity index (χ2v) is 10.5. The van der Waals surface area contributed by atoms with Crippen molar-refractivity contribution in [2.45, 2.75) is 143 Å². The van der Waals surface area contributed by atoms with Crippen LogP contribution in [0.3, 0.4) is 0 Å². The number of hydrogen-bond donors (Lipinski definition) is 0. The van der Waals surface area contributed by atoms with Crippen LogP contribution in [0, 0.1) is 5.41 Å². The van der Waals surface area contributed by atoms with Crippen molar-refractivity contribution in [2.24, 2.45) is 5.41 Å². The lowest BCUT2D eigenvalue weighted by Crippen LogP contribution is -2.51. The third-order valence-electron chi connectivity index (χ3n) is 6.44. The number of ether oxygens (including phenoxy) is 2. The normalized spacial score (nSPS) is 21.7. The summed E-state index contributed by atoms with van der Waals surface area (Å²) in [6.45, 7) is 14.9. The van der Waals surface area contributed by atoms with Crippen LogP contribution in [-0.4, -0.2) is 35.0 Å². The van der Waals surface area contributed by atoms with Gasteiger partial charge in [-0.1, -0.05) is 51.4 Å². The van der Waals surface area contributed by atoms with Crippen molar-refractivity contribution in [3.05, 3.63) is 0 Å². The van der Waals surface area contributed by atoms with E-state index in [9.17, 15) is 9.59 Å². The maximum atomic E-state index is 13.1. The van der Waals surface area contributed by atoms with Crippen LogP contribution in [0.5, 0.6) is 0 Å². The van der Waals surface area contributed by atoms with Crippen molar-refractivity contribution in [1.82, 2.24) is 0 Å². The summed E-state index contributed by atoms with van der Waals surface area (Å²) < 4.78 is 12.3. The third kappa shape index (κ3) is 8.13. The Morgan fingerprint density at radius 2 is 1.17 bits per heavy atom. The highest BCUT2D eigenvalue weighted by atomic mass is 16.5. The molecule has 1 aliphatic carbocycles. The van der Waals surface area contributed by atoms with E-state index in [1.54, 1.807) is 13.8 Å². The van der Waals surface area contributed by atoms with Crippen LogP contribution in [-0.2, 0) is 19.1 Å². The third-order valence-corrected chi connectivity index (χ3v) is 6.44. The highest BCUT2D eigenvalue weighted by molar-refractivity contribution is 5.90. The van der Waals surface area contributed by atoms with E-state index in [1.807, 2.05) is 41.5 Å². The summed E-state index contributed by atoms with van der Waals surface area (Å²) in [4.78, 5) is 26.0. The number of carbonyl (C=O) groups is 2. The van der Waals surface area contributed by atoms with Gasteiger partial charge in [-0.05, 0) is 68.2 Å². The standard InChI is InChI=1S/C25H46O4/c1-19(28-23(4,5)6)22(27)24(7,8)29-21(3)25(20(2)26)17-15-13-11-9-10-12-14-16-18-25/h19,21H,9-18H2,1-8H3. The van der Waals surface area contributed by atoms with Crippen molar-refractivity contribution in [3.8, 4) is 0 Å². The smallest absolute Gasteiger partial charge is 0.192 e. The molecular formula is C25H46O4. The molecule has 29 heavy (non-hydrogen) atoms. The molecule has 0 spiro atoms. The summed E-state index contributed by atoms with van der Waals surface area (Å²) in [6.07, 6.45) is 10.4. The first-order chi connectivity index (χ1) is 13.3. The molecule has 2 unspecified atom stereocenters. The van der Waals surface area contributed by atoms with Gasteiger partial charge in [-0.15, -0.1) is 0 Å². The predicted octanol–water partition coefficient (Wildman–Crippen LogP) is 6.43. The monoisotopic (exact) mass is 410 g/mol. The van der Waals surface area contributed by atoms with E-state index < -0.39 is 22.7 Å². The zero-order chi connectivity index (χ0) is 22.3. The van der Waals surface area contributed by atoms with Crippen LogP contribution in [0.2, 0.25) is 0 Å². The first-order valence-corrected chi connectivity index (χ1v) is 11.7. The number of rotatable bonds is 7. The van der Waals surface area contributed by atoms with Crippen LogP contribution in [0.25, 0.3) is 0 Å². The SMILES string of the molecule is CC(=O)C1(C(C)OC(C)(C)C(=O)C(C)OC(C)(C)C)CCCCCCCCCC1. The van der Waals surface area contributed by atoms with E-state index in [0.29, 0.717) is 0 Å². The molecular weight excluding hydrogens is 364 g/mol. The molecule has 4 heteroatoms. The molecule has 0 aromatic carbocycles. The van der Waals surface area contributed by atoms with Gasteiger partial charge in [-0.25, -0.2) is 0 Å². The Morgan fingerprint density at radius 1 is 0.759 bits per heavy atom. The van der Waals surface area contributed by atoms with Crippen LogP contribution in [0.1, 0.15) is 120 Å². The van der Waals surface area contributed by atoms with Gasteiger partial charge in [0.2, 0.25) is 0 Å². The molecule has 0 saturated heterocycles. The molecule has 4 nitrogen and oxygen atoms in total. The fraction of sp³-hybridized carbons (Fsp3) is 0.920. The van der Waals surface area contributed by atoms with Crippen molar-refractivity contribution >= 4 is 11.6 Å². The Hall–Kier alpha value is -0.740. The van der Waals surface area contributed by atoms with Gasteiger partial charge in [0.05, 0.1) is 17.1 Å². The van der Waals surface area contributed by atoms with Crippen LogP contribution >= 0.6 is 0 Å². The second-order valence-electron chi connectivity index (χ2n) is 10.5. The average Bonchev–Trinajstić information content (AvgIpc) is 2.63. The van der Waals surface area contributed by atoms with E-state index in [1.165, 1.54) is 38.5 Å². The molecule has 0 bridgehead atoms. The lowest BCUT2D eigenvalue weighted by molar-refractivity contribution is -0.177. The van der Waals surface area contributed by atoms with Crippen molar-refractivity contribution in [1.29, 1.82) is 0 Å². The summed E-state index contributed by atoms with van der Waals surface area (Å²) in [6, 6.07) is 0. The maximum absolute atomic E-state index is 13.1. The predicted molar refractivity (Wildman–Crippen MR) is 119 cm³/mol. The zero-order valence-corrected chi connectivity index (χ0v) is 20.4. The lowest BCUT2D eigenvalue weighted by atomic mass is 9.71. The van der Waals surface area contributed by atoms with Gasteiger partial charge in [-0.2, -0.15) is 0 Å². The van der Waals surface area contributed by atoms with Gasteiger partial charge < -0.3 is 9.47 Å². The average molecular weight is 411 g/mol. The van der Waals surface area contributed by atoms with Crippen LogP contribution < -0.4 is 0 Å². The Kier molecular flexibility index (Phi) is 10.0. The minimum atomic E-state index is -1.00. The largest absolute Gasteiger partial charge is 0.365 e. The van der Waals surface area contributed by atoms with E-state index in [4.69, 9.17) is 9.47 Å². The molecule has 1 rings (SSSR count). The van der Waals surface area contributed by atoms with Crippen molar-refractivity contribution in [3.63, 3.8) is 0 Å². The molecule has 2 atom stereocenters. The van der Waals surface area contributed by atoms with E-state index in [2.05, 4.69) is 0 Å². The summed E-state index contributed by atoms with van der Waals surface area (Å²) in [5.41, 5.74) is -1.90. The summed E-state index contributed by atoms with van der Waals surface area (Å²) >= 11 is 0. The fourth-order valence-corrected chi connectivity index (χ4v) is 4.80. The molecule has 1 fully saturated rings. The molecule has 0 aromatic heterocycles. The summed E-state index contributed by atoms with van der Waals surface area (Å²) in [5.74, 6) is 0.126. The molecule has 1 aliphatic rings. The Labute approximate surface area is 179 Å². The number of hydrogen-bond acceptors (Lipinski definition) is 4. The van der Waals surface area contributed by atoms with Crippen molar-refractivity contribution < 1.29 is 19.1 Å². The molecule has 0 amide bonds. The molecule has 0 N–H and O–H groups in total. The topological polar surface area (TPSA) is 52.6 Å². The molecule has 0 aromatic rings. The first-order valence-electron chi connectivity index (χ1n) is 11.7. The number of Topliss-reactive ketones (excluding diaryl/α,β-unsaturated/α-hetero) is 2. The van der Waals surface area contributed by atoms with E-state index in [-0.39, 0.29) is 17.7 Å². The van der Waals surface area contributed by atoms with Gasteiger partial charge in [0.15, 0.2) is 5.78 Å².